The Labute approximate surface area is 278 Å². The lowest BCUT2D eigenvalue weighted by Crippen LogP contribution is -2.26. The van der Waals surface area contributed by atoms with Crippen molar-refractivity contribution in [1.82, 2.24) is 0 Å². The maximum Gasteiger partial charge on any atom is 0.344 e. The van der Waals surface area contributed by atoms with Crippen molar-refractivity contribution in [3.05, 3.63) is 58.8 Å². The lowest BCUT2D eigenvalue weighted by molar-refractivity contribution is 0.0710. The number of anilines is 2. The Morgan fingerprint density at radius 3 is 1.41 bits per heavy atom. The van der Waals surface area contributed by atoms with E-state index >= 15 is 0 Å². The molecule has 0 atom stereocenters. The van der Waals surface area contributed by atoms with Gasteiger partial charge < -0.3 is 19.3 Å². The Morgan fingerprint density at radius 2 is 0.935 bits per heavy atom. The molecule has 6 heteroatoms. The summed E-state index contributed by atoms with van der Waals surface area (Å²) in [5.41, 5.74) is 3.81. The van der Waals surface area contributed by atoms with Gasteiger partial charge in [0.15, 0.2) is 5.76 Å². The number of carbonyl (C=O) groups is 2. The summed E-state index contributed by atoms with van der Waals surface area (Å²) in [7, 11) is 0. The Morgan fingerprint density at radius 1 is 0.478 bits per heavy atom. The molecule has 0 aromatic heterocycles. The van der Waals surface area contributed by atoms with Gasteiger partial charge in [-0.3, -0.25) is 4.79 Å². The lowest BCUT2D eigenvalue weighted by Gasteiger charge is -2.25. The van der Waals surface area contributed by atoms with Crippen LogP contribution in [-0.4, -0.2) is 37.9 Å². The second kappa shape index (κ2) is 18.8. The normalized spacial score (nSPS) is 15.1. The maximum atomic E-state index is 13.7. The molecule has 46 heavy (non-hydrogen) atoms. The molecule has 0 N–H and O–H groups in total. The first-order chi connectivity index (χ1) is 22.5. The summed E-state index contributed by atoms with van der Waals surface area (Å²) in [4.78, 5) is 31.5. The van der Waals surface area contributed by atoms with E-state index in [0.29, 0.717) is 22.4 Å². The minimum atomic E-state index is -0.431. The topological polar surface area (TPSA) is 59.1 Å². The number of hydrogen-bond donors (Lipinski definition) is 0. The molecule has 2 aromatic carbocycles. The van der Waals surface area contributed by atoms with Crippen LogP contribution < -0.4 is 14.5 Å². The number of carbonyl (C=O) groups excluding carboxylic acids is 2. The summed E-state index contributed by atoms with van der Waals surface area (Å²) in [5, 5.41) is 0. The van der Waals surface area contributed by atoms with Gasteiger partial charge in [0, 0.05) is 49.2 Å². The second-order valence-corrected chi connectivity index (χ2v) is 13.1. The van der Waals surface area contributed by atoms with Gasteiger partial charge in [0.05, 0.1) is 11.1 Å². The van der Waals surface area contributed by atoms with Gasteiger partial charge in [0.2, 0.25) is 11.5 Å². The number of hydrogen-bond acceptors (Lipinski definition) is 6. The van der Waals surface area contributed by atoms with Crippen LogP contribution in [0.5, 0.6) is 5.75 Å². The van der Waals surface area contributed by atoms with Crippen LogP contribution in [0.4, 0.5) is 11.4 Å². The van der Waals surface area contributed by atoms with E-state index in [1.54, 1.807) is 0 Å². The third-order valence-electron chi connectivity index (χ3n) is 9.35. The third kappa shape index (κ3) is 9.39. The highest BCUT2D eigenvalue weighted by molar-refractivity contribution is 6.18. The summed E-state index contributed by atoms with van der Waals surface area (Å²) < 4.78 is 12.1. The standard InChI is InChI=1S/C40H58N2O4/c1-5-9-13-17-25-41(26-18-14-10-6-2)31-21-23-33-35(29-31)38(46-40(33)44)39-37(43)34-24-22-32(30-36(34)45-39)42(27-19-15-11-7-3)28-20-16-12-8-4/h21-24,29-30H,5-20,25-28H2,1-4H3. The van der Waals surface area contributed by atoms with Gasteiger partial charge in [-0.25, -0.2) is 4.79 Å². The fourth-order valence-corrected chi connectivity index (χ4v) is 6.53. The molecule has 0 amide bonds. The van der Waals surface area contributed by atoms with Crippen LogP contribution >= 0.6 is 0 Å². The van der Waals surface area contributed by atoms with Crippen LogP contribution in [0.3, 0.4) is 0 Å². The van der Waals surface area contributed by atoms with Crippen molar-refractivity contribution in [2.75, 3.05) is 36.0 Å². The van der Waals surface area contributed by atoms with Crippen LogP contribution in [0.1, 0.15) is 157 Å². The van der Waals surface area contributed by atoms with E-state index in [4.69, 9.17) is 9.47 Å². The molecule has 0 aliphatic carbocycles. The second-order valence-electron chi connectivity index (χ2n) is 13.1. The molecular weight excluding hydrogens is 572 g/mol. The van der Waals surface area contributed by atoms with Crippen molar-refractivity contribution in [1.29, 1.82) is 0 Å². The van der Waals surface area contributed by atoms with E-state index in [-0.39, 0.29) is 17.3 Å². The number of ketones is 1. The van der Waals surface area contributed by atoms with Crippen LogP contribution in [0, 0.1) is 0 Å². The molecule has 0 saturated carbocycles. The van der Waals surface area contributed by atoms with E-state index in [1.165, 1.54) is 77.0 Å². The van der Waals surface area contributed by atoms with Gasteiger partial charge in [0.1, 0.15) is 5.75 Å². The lowest BCUT2D eigenvalue weighted by atomic mass is 10.0. The highest BCUT2D eigenvalue weighted by atomic mass is 16.6. The molecular formula is C40H58N2O4. The zero-order valence-corrected chi connectivity index (χ0v) is 29.1. The predicted molar refractivity (Wildman–Crippen MR) is 191 cm³/mol. The van der Waals surface area contributed by atoms with Crippen LogP contribution in [0.2, 0.25) is 0 Å². The monoisotopic (exact) mass is 630 g/mol. The predicted octanol–water partition coefficient (Wildman–Crippen LogP) is 10.7. The minimum absolute atomic E-state index is 0.117. The molecule has 0 radical (unpaired) electrons. The van der Waals surface area contributed by atoms with Gasteiger partial charge in [-0.15, -0.1) is 0 Å². The summed E-state index contributed by atoms with van der Waals surface area (Å²) in [5.74, 6) is 0.255. The average Bonchev–Trinajstić information content (AvgIpc) is 3.58. The van der Waals surface area contributed by atoms with Crippen molar-refractivity contribution < 1.29 is 19.1 Å². The first-order valence-corrected chi connectivity index (χ1v) is 18.5. The molecule has 2 aromatic rings. The third-order valence-corrected chi connectivity index (χ3v) is 9.35. The fourth-order valence-electron chi connectivity index (χ4n) is 6.53. The quantitative estimate of drug-likeness (QED) is 0.0733. The molecule has 2 heterocycles. The number of Topliss-reactive ketones (excluding diaryl/α,β-unsaturated/α-hetero) is 1. The van der Waals surface area contributed by atoms with Gasteiger partial charge in [-0.05, 0) is 56.0 Å². The molecule has 0 bridgehead atoms. The van der Waals surface area contributed by atoms with E-state index in [2.05, 4.69) is 43.6 Å². The number of allylic oxidation sites excluding steroid dienone is 1. The smallest absolute Gasteiger partial charge is 0.344 e. The van der Waals surface area contributed by atoms with Crippen LogP contribution in [-0.2, 0) is 4.74 Å². The SMILES string of the molecule is CCCCCCN(CCCCCC)c1ccc2c(c1)OC(=C1OC(=O)c3ccc(N(CCCCCC)CCCCCC)cc31)C2=O. The van der Waals surface area contributed by atoms with E-state index in [1.807, 2.05) is 30.3 Å². The Balaban J connectivity index is 1.58. The molecule has 4 rings (SSSR count). The van der Waals surface area contributed by atoms with Gasteiger partial charge in [-0.2, -0.15) is 0 Å². The molecule has 2 aliphatic heterocycles. The summed E-state index contributed by atoms with van der Waals surface area (Å²) in [6.07, 6.45) is 19.3. The number of unbranched alkanes of at least 4 members (excludes halogenated alkanes) is 12. The Kier molecular flexibility index (Phi) is 14.5. The molecule has 0 saturated heterocycles. The summed E-state index contributed by atoms with van der Waals surface area (Å²) in [6.45, 7) is 12.9. The van der Waals surface area contributed by atoms with Crippen molar-refractivity contribution in [2.24, 2.45) is 0 Å². The summed E-state index contributed by atoms with van der Waals surface area (Å²) >= 11 is 0. The fraction of sp³-hybridized carbons (Fsp3) is 0.600. The molecule has 2 aliphatic rings. The molecule has 0 spiro atoms. The number of cyclic esters (lactones) is 1. The maximum absolute atomic E-state index is 13.7. The van der Waals surface area contributed by atoms with Crippen LogP contribution in [0.15, 0.2) is 42.2 Å². The largest absolute Gasteiger partial charge is 0.448 e. The zero-order chi connectivity index (χ0) is 32.7. The Hall–Kier alpha value is -3.28. The van der Waals surface area contributed by atoms with Gasteiger partial charge in [-0.1, -0.05) is 105 Å². The van der Waals surface area contributed by atoms with Crippen molar-refractivity contribution in [3.63, 3.8) is 0 Å². The molecule has 0 unspecified atom stereocenters. The number of rotatable bonds is 22. The van der Waals surface area contributed by atoms with E-state index in [0.717, 1.165) is 63.2 Å². The number of ether oxygens (including phenoxy) is 2. The average molecular weight is 631 g/mol. The number of fused-ring (bicyclic) bond motifs is 2. The van der Waals surface area contributed by atoms with Crippen LogP contribution in [0.25, 0.3) is 5.76 Å². The first kappa shape index (κ1) is 35.6. The van der Waals surface area contributed by atoms with Gasteiger partial charge >= 0.3 is 5.97 Å². The Bertz CT molecular complexity index is 1290. The van der Waals surface area contributed by atoms with Crippen molar-refractivity contribution in [2.45, 2.75) is 130 Å². The van der Waals surface area contributed by atoms with E-state index < -0.39 is 5.97 Å². The van der Waals surface area contributed by atoms with Gasteiger partial charge in [0.25, 0.3) is 0 Å². The molecule has 252 valence electrons. The number of nitrogens with zero attached hydrogens (tertiary/aromatic N) is 2. The number of esters is 1. The molecule has 6 nitrogen and oxygen atoms in total. The summed E-state index contributed by atoms with van der Waals surface area (Å²) in [6, 6.07) is 11.8. The number of benzene rings is 2. The highest BCUT2D eigenvalue weighted by Crippen LogP contribution is 2.42. The first-order valence-electron chi connectivity index (χ1n) is 18.5. The molecule has 0 fully saturated rings. The van der Waals surface area contributed by atoms with E-state index in [9.17, 15) is 9.59 Å². The highest BCUT2D eigenvalue weighted by Gasteiger charge is 2.38. The van der Waals surface area contributed by atoms with Crippen molar-refractivity contribution >= 4 is 28.9 Å². The zero-order valence-electron chi connectivity index (χ0n) is 29.1. The van der Waals surface area contributed by atoms with Crippen molar-refractivity contribution in [3.8, 4) is 5.75 Å². The minimum Gasteiger partial charge on any atom is -0.448 e.